The molecule has 0 aliphatic carbocycles. The Morgan fingerprint density at radius 3 is 2.75 bits per heavy atom. The Kier molecular flexibility index (Phi) is 4.27. The number of hydrogen-bond donors (Lipinski definition) is 2. The van der Waals surface area contributed by atoms with Crippen molar-refractivity contribution in [2.24, 2.45) is 5.92 Å². The van der Waals surface area contributed by atoms with Crippen molar-refractivity contribution < 1.29 is 14.4 Å². The van der Waals surface area contributed by atoms with E-state index < -0.39 is 17.9 Å². The first-order chi connectivity index (χ1) is 11.6. The molecule has 1 amide bonds. The van der Waals surface area contributed by atoms with Gasteiger partial charge in [0.2, 0.25) is 5.91 Å². The first-order valence-electron chi connectivity index (χ1n) is 7.39. The number of carbonyl (C=O) groups is 1. The van der Waals surface area contributed by atoms with Crippen molar-refractivity contribution >= 4 is 22.4 Å². The molecule has 0 aliphatic rings. The summed E-state index contributed by atoms with van der Waals surface area (Å²) in [7, 11) is 0. The molecule has 0 radical (unpaired) electrons. The number of nitrogens with zero attached hydrogens (tertiary/aromatic N) is 2. The molecule has 2 unspecified atom stereocenters. The van der Waals surface area contributed by atoms with E-state index in [0.29, 0.717) is 17.0 Å². The number of benzene rings is 2. The first kappa shape index (κ1) is 15.7. The molecule has 0 aliphatic heterocycles. The molecule has 120 valence electrons. The number of aromatic nitrogens is 1. The Labute approximate surface area is 138 Å². The molecule has 0 fully saturated rings. The zero-order valence-electron chi connectivity index (χ0n) is 12.9. The van der Waals surface area contributed by atoms with E-state index in [0.717, 1.165) is 10.8 Å². The van der Waals surface area contributed by atoms with E-state index in [-0.39, 0.29) is 0 Å². The van der Waals surface area contributed by atoms with Crippen molar-refractivity contribution in [3.05, 3.63) is 60.0 Å². The number of hydrogen-bond acceptors (Lipinski definition) is 5. The molecule has 1 heterocycles. The number of nitrogens with one attached hydrogen (secondary N) is 1. The minimum absolute atomic E-state index is 0.328. The summed E-state index contributed by atoms with van der Waals surface area (Å²) < 4.78 is 4.88. The van der Waals surface area contributed by atoms with Gasteiger partial charge in [0.25, 0.3) is 0 Å². The van der Waals surface area contributed by atoms with Crippen LogP contribution in [0.2, 0.25) is 0 Å². The molecule has 2 N–H and O–H groups in total. The molecule has 2 aromatic carbocycles. The van der Waals surface area contributed by atoms with E-state index in [2.05, 4.69) is 10.5 Å². The van der Waals surface area contributed by atoms with E-state index in [1.807, 2.05) is 42.5 Å². The highest BCUT2D eigenvalue weighted by molar-refractivity contribution is 6.03. The molecule has 0 saturated carbocycles. The number of aliphatic hydroxyl groups is 1. The molecule has 2 atom stereocenters. The van der Waals surface area contributed by atoms with Gasteiger partial charge in [0.1, 0.15) is 11.9 Å². The van der Waals surface area contributed by atoms with Crippen LogP contribution in [0.25, 0.3) is 10.8 Å². The normalized spacial score (nSPS) is 13.2. The maximum Gasteiger partial charge on any atom is 0.244 e. The molecule has 3 aromatic rings. The number of fused-ring (bicyclic) bond motifs is 1. The van der Waals surface area contributed by atoms with E-state index in [1.54, 1.807) is 13.0 Å². The van der Waals surface area contributed by atoms with Crippen LogP contribution in [0.4, 0.5) is 5.69 Å². The monoisotopic (exact) mass is 321 g/mol. The minimum Gasteiger partial charge on any atom is -0.386 e. The second kappa shape index (κ2) is 6.52. The van der Waals surface area contributed by atoms with Crippen LogP contribution in [0.15, 0.2) is 53.2 Å². The molecular formula is C18H15N3O3. The van der Waals surface area contributed by atoms with E-state index in [1.165, 1.54) is 6.20 Å². The van der Waals surface area contributed by atoms with Crippen LogP contribution in [0, 0.1) is 24.2 Å². The number of carbonyl (C=O) groups excluding carboxylic acids is 1. The zero-order valence-corrected chi connectivity index (χ0v) is 12.9. The van der Waals surface area contributed by atoms with Gasteiger partial charge in [-0.15, -0.1) is 0 Å². The Morgan fingerprint density at radius 1 is 1.29 bits per heavy atom. The van der Waals surface area contributed by atoms with Crippen LogP contribution in [0.1, 0.15) is 17.4 Å². The number of amides is 1. The third-order valence-corrected chi connectivity index (χ3v) is 3.89. The average molecular weight is 321 g/mol. The third-order valence-electron chi connectivity index (χ3n) is 3.89. The summed E-state index contributed by atoms with van der Waals surface area (Å²) in [5.41, 5.74) is 0.919. The van der Waals surface area contributed by atoms with Gasteiger partial charge in [0, 0.05) is 16.6 Å². The van der Waals surface area contributed by atoms with Crippen molar-refractivity contribution in [3.63, 3.8) is 0 Å². The highest BCUT2D eigenvalue weighted by Gasteiger charge is 2.31. The largest absolute Gasteiger partial charge is 0.386 e. The first-order valence-corrected chi connectivity index (χ1v) is 7.39. The quantitative estimate of drug-likeness (QED) is 0.769. The fourth-order valence-electron chi connectivity index (χ4n) is 2.59. The van der Waals surface area contributed by atoms with Gasteiger partial charge in [-0.05, 0) is 18.4 Å². The van der Waals surface area contributed by atoms with Gasteiger partial charge < -0.3 is 14.9 Å². The van der Waals surface area contributed by atoms with Crippen LogP contribution >= 0.6 is 0 Å². The molecule has 1 aromatic heterocycles. The molecular weight excluding hydrogens is 306 g/mol. The SMILES string of the molecule is Cc1oncc1C(O)C(C#N)C(=O)Nc1cccc2ccccc12. The van der Waals surface area contributed by atoms with Crippen LogP contribution in [-0.2, 0) is 4.79 Å². The number of aliphatic hydroxyl groups excluding tert-OH is 1. The van der Waals surface area contributed by atoms with Gasteiger partial charge in [-0.1, -0.05) is 41.6 Å². The Bertz CT molecular complexity index is 921. The van der Waals surface area contributed by atoms with Crippen molar-refractivity contribution in [2.45, 2.75) is 13.0 Å². The summed E-state index contributed by atoms with van der Waals surface area (Å²) in [5.74, 6) is -1.48. The Balaban J connectivity index is 1.87. The Hall–Kier alpha value is -3.17. The fraction of sp³-hybridized carbons (Fsp3) is 0.167. The zero-order chi connectivity index (χ0) is 17.1. The topological polar surface area (TPSA) is 99.2 Å². The molecule has 6 nitrogen and oxygen atoms in total. The van der Waals surface area contributed by atoms with Gasteiger partial charge >= 0.3 is 0 Å². The number of nitriles is 1. The van der Waals surface area contributed by atoms with Crippen molar-refractivity contribution in [2.75, 3.05) is 5.32 Å². The number of rotatable bonds is 4. The van der Waals surface area contributed by atoms with Gasteiger partial charge in [-0.3, -0.25) is 4.79 Å². The van der Waals surface area contributed by atoms with Crippen molar-refractivity contribution in [1.82, 2.24) is 5.16 Å². The lowest BCUT2D eigenvalue weighted by atomic mass is 9.96. The van der Waals surface area contributed by atoms with Crippen LogP contribution in [0.5, 0.6) is 0 Å². The lowest BCUT2D eigenvalue weighted by molar-refractivity contribution is -0.121. The minimum atomic E-state index is -1.31. The summed E-state index contributed by atoms with van der Waals surface area (Å²) in [5, 5.41) is 27.8. The molecule has 0 bridgehead atoms. The van der Waals surface area contributed by atoms with E-state index in [4.69, 9.17) is 4.52 Å². The summed E-state index contributed by atoms with van der Waals surface area (Å²) in [6.07, 6.45) is 0.00597. The summed E-state index contributed by atoms with van der Waals surface area (Å²) >= 11 is 0. The lowest BCUT2D eigenvalue weighted by Crippen LogP contribution is -2.27. The molecule has 0 saturated heterocycles. The van der Waals surface area contributed by atoms with Gasteiger partial charge in [-0.25, -0.2) is 0 Å². The van der Waals surface area contributed by atoms with Crippen molar-refractivity contribution in [3.8, 4) is 6.07 Å². The van der Waals surface area contributed by atoms with Crippen LogP contribution in [-0.4, -0.2) is 16.2 Å². The highest BCUT2D eigenvalue weighted by Crippen LogP contribution is 2.27. The van der Waals surface area contributed by atoms with Gasteiger partial charge in [0.05, 0.1) is 12.3 Å². The standard InChI is InChI=1S/C18H15N3O3/c1-11-15(10-20-24-11)17(22)14(9-19)18(23)21-16-8-4-6-12-5-2-3-7-13(12)16/h2-8,10,14,17,22H,1H3,(H,21,23). The van der Waals surface area contributed by atoms with E-state index in [9.17, 15) is 15.2 Å². The second-order valence-corrected chi connectivity index (χ2v) is 5.40. The summed E-state index contributed by atoms with van der Waals surface area (Å²) in [6.45, 7) is 1.61. The maximum absolute atomic E-state index is 12.5. The molecule has 6 heteroatoms. The number of aryl methyl sites for hydroxylation is 1. The van der Waals surface area contributed by atoms with E-state index >= 15 is 0 Å². The van der Waals surface area contributed by atoms with Crippen LogP contribution in [0.3, 0.4) is 0 Å². The maximum atomic E-state index is 12.5. The fourth-order valence-corrected chi connectivity index (χ4v) is 2.59. The highest BCUT2D eigenvalue weighted by atomic mass is 16.5. The van der Waals surface area contributed by atoms with Gasteiger partial charge in [0.15, 0.2) is 5.92 Å². The second-order valence-electron chi connectivity index (χ2n) is 5.40. The average Bonchev–Trinajstić information content (AvgIpc) is 3.02. The third kappa shape index (κ3) is 2.85. The smallest absolute Gasteiger partial charge is 0.244 e. The predicted octanol–water partition coefficient (Wildman–Crippen LogP) is 2.95. The molecule has 3 rings (SSSR count). The van der Waals surface area contributed by atoms with Crippen molar-refractivity contribution in [1.29, 1.82) is 5.26 Å². The molecule has 0 spiro atoms. The number of anilines is 1. The summed E-state index contributed by atoms with van der Waals surface area (Å²) in [4.78, 5) is 12.5. The molecule has 24 heavy (non-hydrogen) atoms. The predicted molar refractivity (Wildman–Crippen MR) is 87.9 cm³/mol. The lowest BCUT2D eigenvalue weighted by Gasteiger charge is -2.16. The Morgan fingerprint density at radius 2 is 2.04 bits per heavy atom. The van der Waals surface area contributed by atoms with Crippen LogP contribution < -0.4 is 5.32 Å². The summed E-state index contributed by atoms with van der Waals surface area (Å²) in [6, 6.07) is 15.0. The van der Waals surface area contributed by atoms with Gasteiger partial charge in [-0.2, -0.15) is 5.26 Å².